The molecule has 2 amide bonds. The van der Waals surface area contributed by atoms with Gasteiger partial charge in [0.25, 0.3) is 0 Å². The molecular weight excluding hydrogens is 368 g/mol. The van der Waals surface area contributed by atoms with Gasteiger partial charge in [0.15, 0.2) is 0 Å². The van der Waals surface area contributed by atoms with Crippen LogP contribution in [-0.2, 0) is 10.3 Å². The molecule has 27 heavy (non-hydrogen) atoms. The molecule has 1 heterocycles. The Balaban J connectivity index is 1.71. The number of nitrogens with one attached hydrogen (secondary N) is 1. The SMILES string of the molecule is CCCCCCCN1CCN(C(=O)Nc2ccc(OS(N)(=O)=O)cc2)CC1. The Morgan fingerprint density at radius 1 is 1.07 bits per heavy atom. The van der Waals surface area contributed by atoms with Crippen molar-refractivity contribution in [1.82, 2.24) is 9.80 Å². The molecule has 8 nitrogen and oxygen atoms in total. The van der Waals surface area contributed by atoms with Gasteiger partial charge in [-0.15, -0.1) is 0 Å². The van der Waals surface area contributed by atoms with Crippen LogP contribution in [0.4, 0.5) is 10.5 Å². The molecule has 1 aromatic carbocycles. The lowest BCUT2D eigenvalue weighted by molar-refractivity contribution is 0.145. The third kappa shape index (κ3) is 8.15. The van der Waals surface area contributed by atoms with Gasteiger partial charge in [-0.25, -0.2) is 4.79 Å². The number of amides is 2. The van der Waals surface area contributed by atoms with E-state index in [1.165, 1.54) is 44.2 Å². The number of carbonyl (C=O) groups excluding carboxylic acids is 1. The topological polar surface area (TPSA) is 105 Å². The molecule has 1 saturated heterocycles. The number of nitrogens with two attached hydrogens (primary N) is 1. The van der Waals surface area contributed by atoms with Crippen LogP contribution in [0.25, 0.3) is 0 Å². The molecule has 1 aromatic rings. The van der Waals surface area contributed by atoms with Gasteiger partial charge >= 0.3 is 16.3 Å². The Labute approximate surface area is 161 Å². The first-order valence-corrected chi connectivity index (χ1v) is 10.9. The minimum atomic E-state index is -4.05. The van der Waals surface area contributed by atoms with Crippen molar-refractivity contribution in [2.24, 2.45) is 5.14 Å². The van der Waals surface area contributed by atoms with E-state index >= 15 is 0 Å². The van der Waals surface area contributed by atoms with Crippen molar-refractivity contribution in [3.05, 3.63) is 24.3 Å². The summed E-state index contributed by atoms with van der Waals surface area (Å²) < 4.78 is 26.3. The molecule has 0 saturated carbocycles. The number of urea groups is 1. The second-order valence-electron chi connectivity index (χ2n) is 6.77. The van der Waals surface area contributed by atoms with Crippen LogP contribution in [0.15, 0.2) is 24.3 Å². The molecule has 0 atom stereocenters. The highest BCUT2D eigenvalue weighted by molar-refractivity contribution is 7.84. The summed E-state index contributed by atoms with van der Waals surface area (Å²) in [6, 6.07) is 5.88. The van der Waals surface area contributed by atoms with Gasteiger partial charge in [0.1, 0.15) is 5.75 Å². The van der Waals surface area contributed by atoms with Crippen molar-refractivity contribution in [1.29, 1.82) is 0 Å². The van der Waals surface area contributed by atoms with Crippen molar-refractivity contribution in [3.8, 4) is 5.75 Å². The van der Waals surface area contributed by atoms with Gasteiger partial charge in [-0.05, 0) is 37.2 Å². The molecule has 1 fully saturated rings. The molecule has 3 N–H and O–H groups in total. The lowest BCUT2D eigenvalue weighted by Crippen LogP contribution is -2.50. The molecule has 1 aliphatic heterocycles. The average Bonchev–Trinajstić information content (AvgIpc) is 2.62. The lowest BCUT2D eigenvalue weighted by Gasteiger charge is -2.34. The number of carbonyl (C=O) groups is 1. The molecule has 1 aliphatic rings. The zero-order chi connectivity index (χ0) is 19.7. The second kappa shape index (κ2) is 10.5. The molecule has 0 aromatic heterocycles. The lowest BCUT2D eigenvalue weighted by atomic mass is 10.1. The first-order chi connectivity index (χ1) is 12.9. The molecule has 0 radical (unpaired) electrons. The number of piperazine rings is 1. The molecular formula is C18H30N4O4S. The van der Waals surface area contributed by atoms with Crippen LogP contribution in [0.2, 0.25) is 0 Å². The highest BCUT2D eigenvalue weighted by Crippen LogP contribution is 2.17. The van der Waals surface area contributed by atoms with Gasteiger partial charge in [-0.3, -0.25) is 4.90 Å². The Morgan fingerprint density at radius 2 is 1.70 bits per heavy atom. The van der Waals surface area contributed by atoms with E-state index in [-0.39, 0.29) is 11.8 Å². The zero-order valence-electron chi connectivity index (χ0n) is 15.9. The number of benzene rings is 1. The minimum Gasteiger partial charge on any atom is -0.371 e. The number of nitrogens with zero attached hydrogens (tertiary/aromatic N) is 2. The van der Waals surface area contributed by atoms with Crippen LogP contribution in [0, 0.1) is 0 Å². The number of unbranched alkanes of at least 4 members (excludes halogenated alkanes) is 4. The number of hydrogen-bond acceptors (Lipinski definition) is 5. The van der Waals surface area contributed by atoms with E-state index < -0.39 is 10.3 Å². The van der Waals surface area contributed by atoms with Crippen LogP contribution in [0.1, 0.15) is 39.0 Å². The first kappa shape index (κ1) is 21.5. The van der Waals surface area contributed by atoms with Crippen LogP contribution >= 0.6 is 0 Å². The van der Waals surface area contributed by atoms with Gasteiger partial charge < -0.3 is 14.4 Å². The fourth-order valence-electron chi connectivity index (χ4n) is 3.04. The van der Waals surface area contributed by atoms with Crippen LogP contribution in [0.3, 0.4) is 0 Å². The summed E-state index contributed by atoms with van der Waals surface area (Å²) in [6.07, 6.45) is 6.37. The molecule has 0 spiro atoms. The highest BCUT2D eigenvalue weighted by Gasteiger charge is 2.20. The maximum absolute atomic E-state index is 12.4. The number of rotatable bonds is 9. The molecule has 2 rings (SSSR count). The van der Waals surface area contributed by atoms with Crippen molar-refractivity contribution in [2.75, 3.05) is 38.0 Å². The summed E-state index contributed by atoms with van der Waals surface area (Å²) in [6.45, 7) is 6.51. The van der Waals surface area contributed by atoms with E-state index in [1.807, 2.05) is 0 Å². The molecule has 0 aliphatic carbocycles. The summed E-state index contributed by atoms with van der Waals surface area (Å²) in [5.41, 5.74) is 0.570. The maximum Gasteiger partial charge on any atom is 0.380 e. The van der Waals surface area contributed by atoms with Crippen LogP contribution in [0.5, 0.6) is 5.75 Å². The smallest absolute Gasteiger partial charge is 0.371 e. The second-order valence-corrected chi connectivity index (χ2v) is 7.93. The van der Waals surface area contributed by atoms with Gasteiger partial charge in [0.2, 0.25) is 0 Å². The summed E-state index contributed by atoms with van der Waals surface area (Å²) >= 11 is 0. The van der Waals surface area contributed by atoms with Crippen molar-refractivity contribution >= 4 is 22.0 Å². The Morgan fingerprint density at radius 3 is 2.30 bits per heavy atom. The van der Waals surface area contributed by atoms with Crippen LogP contribution in [-0.4, -0.2) is 57.0 Å². The molecule has 152 valence electrons. The van der Waals surface area contributed by atoms with Gasteiger partial charge in [-0.1, -0.05) is 32.6 Å². The molecule has 0 unspecified atom stereocenters. The Kier molecular flexibility index (Phi) is 8.33. The van der Waals surface area contributed by atoms with Crippen molar-refractivity contribution in [2.45, 2.75) is 39.0 Å². The fourth-order valence-corrected chi connectivity index (χ4v) is 3.42. The van der Waals surface area contributed by atoms with Crippen molar-refractivity contribution < 1.29 is 17.4 Å². The van der Waals surface area contributed by atoms with Crippen molar-refractivity contribution in [3.63, 3.8) is 0 Å². The standard InChI is InChI=1S/C18H30N4O4S/c1-2-3-4-5-6-11-21-12-14-22(15-13-21)18(23)20-16-7-9-17(10-8-16)26-27(19,24)25/h7-10H,2-6,11-15H2,1H3,(H,20,23)(H2,19,24,25). The number of hydrogen-bond donors (Lipinski definition) is 2. The fraction of sp³-hybridized carbons (Fsp3) is 0.611. The maximum atomic E-state index is 12.4. The quantitative estimate of drug-likeness (QED) is 0.622. The zero-order valence-corrected chi connectivity index (χ0v) is 16.7. The van der Waals surface area contributed by atoms with Gasteiger partial charge in [0.05, 0.1) is 0 Å². The summed E-state index contributed by atoms with van der Waals surface area (Å²) in [5, 5.41) is 7.63. The minimum absolute atomic E-state index is 0.100. The predicted octanol–water partition coefficient (Wildman–Crippen LogP) is 2.39. The largest absolute Gasteiger partial charge is 0.380 e. The van der Waals surface area contributed by atoms with E-state index in [0.717, 1.165) is 19.6 Å². The van der Waals surface area contributed by atoms with E-state index in [4.69, 9.17) is 5.14 Å². The monoisotopic (exact) mass is 398 g/mol. The normalized spacial score (nSPS) is 15.6. The predicted molar refractivity (Wildman–Crippen MR) is 106 cm³/mol. The van der Waals surface area contributed by atoms with E-state index in [9.17, 15) is 13.2 Å². The van der Waals surface area contributed by atoms with Crippen LogP contribution < -0.4 is 14.6 Å². The molecule has 9 heteroatoms. The summed E-state index contributed by atoms with van der Waals surface area (Å²) in [4.78, 5) is 16.6. The third-order valence-corrected chi connectivity index (χ3v) is 4.98. The Bertz CT molecular complexity index is 686. The first-order valence-electron chi connectivity index (χ1n) is 9.48. The van der Waals surface area contributed by atoms with E-state index in [1.54, 1.807) is 17.0 Å². The Hall–Kier alpha value is -1.84. The highest BCUT2D eigenvalue weighted by atomic mass is 32.2. The van der Waals surface area contributed by atoms with Gasteiger partial charge in [0, 0.05) is 31.9 Å². The summed E-state index contributed by atoms with van der Waals surface area (Å²) in [7, 11) is -4.05. The van der Waals surface area contributed by atoms with E-state index in [0.29, 0.717) is 18.8 Å². The molecule has 0 bridgehead atoms. The van der Waals surface area contributed by atoms with Gasteiger partial charge in [-0.2, -0.15) is 13.6 Å². The third-order valence-electron chi connectivity index (χ3n) is 4.56. The number of anilines is 1. The average molecular weight is 399 g/mol. The summed E-state index contributed by atoms with van der Waals surface area (Å²) in [5.74, 6) is 0.100. The van der Waals surface area contributed by atoms with E-state index in [2.05, 4.69) is 21.3 Å².